The summed E-state index contributed by atoms with van der Waals surface area (Å²) in [5.41, 5.74) is 3.99. The lowest BCUT2D eigenvalue weighted by molar-refractivity contribution is -0.140. The molecule has 248 valence electrons. The lowest BCUT2D eigenvalue weighted by Gasteiger charge is -2.34. The zero-order chi connectivity index (χ0) is 34.0. The largest absolute Gasteiger partial charge is 0.494 e. The van der Waals surface area contributed by atoms with Gasteiger partial charge in [0.1, 0.15) is 18.3 Å². The van der Waals surface area contributed by atoms with Gasteiger partial charge in [0.05, 0.1) is 17.2 Å². The van der Waals surface area contributed by atoms with Crippen LogP contribution < -0.4 is 14.4 Å². The smallest absolute Gasteiger partial charge is 0.264 e. The zero-order valence-electron chi connectivity index (χ0n) is 27.8. The van der Waals surface area contributed by atoms with Crippen LogP contribution in [-0.2, 0) is 32.6 Å². The normalized spacial score (nSPS) is 12.0. The lowest BCUT2D eigenvalue weighted by Crippen LogP contribution is -2.53. The fourth-order valence-electron chi connectivity index (χ4n) is 5.11. The van der Waals surface area contributed by atoms with Crippen molar-refractivity contribution in [1.29, 1.82) is 0 Å². The van der Waals surface area contributed by atoms with E-state index in [1.54, 1.807) is 48.5 Å². The zero-order valence-corrected chi connectivity index (χ0v) is 28.7. The second-order valence-corrected chi connectivity index (χ2v) is 14.0. The van der Waals surface area contributed by atoms with Crippen LogP contribution in [-0.4, -0.2) is 50.9 Å². The Balaban J connectivity index is 1.79. The van der Waals surface area contributed by atoms with Gasteiger partial charge in [-0.15, -0.1) is 0 Å². The second kappa shape index (κ2) is 16.3. The standard InChI is InChI=1S/C38H45N3O5S/c1-6-46-34-20-18-33(19-21-34)41(47(44,45)35-22-14-30(5)15-23-35)27-37(42)40(26-32-16-12-29(4)13-17-32)36(38(43)39-25-28(2)3)24-31-10-8-7-9-11-31/h7-23,28,36H,6,24-27H2,1-5H3,(H,39,43)/t36-/m1/s1. The summed E-state index contributed by atoms with van der Waals surface area (Å²) in [7, 11) is -4.18. The summed E-state index contributed by atoms with van der Waals surface area (Å²) in [4.78, 5) is 30.1. The first kappa shape index (κ1) is 35.2. The van der Waals surface area contributed by atoms with Crippen molar-refractivity contribution in [3.63, 3.8) is 0 Å². The van der Waals surface area contributed by atoms with Crippen LogP contribution in [0.15, 0.2) is 108 Å². The number of sulfonamides is 1. The maximum atomic E-state index is 14.6. The van der Waals surface area contributed by atoms with Crippen LogP contribution in [0, 0.1) is 19.8 Å². The summed E-state index contributed by atoms with van der Waals surface area (Å²) in [6.45, 7) is 10.2. The summed E-state index contributed by atoms with van der Waals surface area (Å²) >= 11 is 0. The molecule has 0 radical (unpaired) electrons. The minimum absolute atomic E-state index is 0.0605. The van der Waals surface area contributed by atoms with Crippen LogP contribution >= 0.6 is 0 Å². The Morgan fingerprint density at radius 1 is 0.787 bits per heavy atom. The maximum absolute atomic E-state index is 14.6. The number of carbonyl (C=O) groups is 2. The molecule has 0 aromatic heterocycles. The highest BCUT2D eigenvalue weighted by atomic mass is 32.2. The quantitative estimate of drug-likeness (QED) is 0.162. The molecule has 0 aliphatic rings. The second-order valence-electron chi connectivity index (χ2n) is 12.1. The Kier molecular flexibility index (Phi) is 12.2. The predicted molar refractivity (Wildman–Crippen MR) is 187 cm³/mol. The number of anilines is 1. The van der Waals surface area contributed by atoms with E-state index in [0.717, 1.165) is 26.6 Å². The first-order valence-electron chi connectivity index (χ1n) is 16.0. The molecular formula is C38H45N3O5S. The van der Waals surface area contributed by atoms with Crippen LogP contribution in [0.3, 0.4) is 0 Å². The van der Waals surface area contributed by atoms with E-state index in [4.69, 9.17) is 4.74 Å². The monoisotopic (exact) mass is 655 g/mol. The van der Waals surface area contributed by atoms with Gasteiger partial charge in [0.15, 0.2) is 0 Å². The highest BCUT2D eigenvalue weighted by molar-refractivity contribution is 7.92. The molecule has 9 heteroatoms. The number of nitrogens with one attached hydrogen (secondary N) is 1. The van der Waals surface area contributed by atoms with Crippen LogP contribution in [0.5, 0.6) is 5.75 Å². The molecule has 0 spiro atoms. The topological polar surface area (TPSA) is 96.0 Å². The Labute approximate surface area is 279 Å². The molecule has 0 unspecified atom stereocenters. The van der Waals surface area contributed by atoms with Gasteiger partial charge in [0.2, 0.25) is 11.8 Å². The summed E-state index contributed by atoms with van der Waals surface area (Å²) in [6, 6.07) is 29.6. The average molecular weight is 656 g/mol. The Hall–Kier alpha value is -4.63. The highest BCUT2D eigenvalue weighted by Crippen LogP contribution is 2.27. The molecule has 0 aliphatic heterocycles. The average Bonchev–Trinajstić information content (AvgIpc) is 3.06. The van der Waals surface area contributed by atoms with E-state index in [0.29, 0.717) is 24.6 Å². The van der Waals surface area contributed by atoms with Gasteiger partial charge < -0.3 is 15.0 Å². The van der Waals surface area contributed by atoms with Crippen molar-refractivity contribution in [2.75, 3.05) is 24.0 Å². The molecule has 2 amide bonds. The number of amides is 2. The molecule has 0 fully saturated rings. The molecule has 4 rings (SSSR count). The molecule has 0 bridgehead atoms. The van der Waals surface area contributed by atoms with Gasteiger partial charge in [-0.2, -0.15) is 0 Å². The SMILES string of the molecule is CCOc1ccc(N(CC(=O)N(Cc2ccc(C)cc2)[C@H](Cc2ccccc2)C(=O)NCC(C)C)S(=O)(=O)c2ccc(C)cc2)cc1. The van der Waals surface area contributed by atoms with Gasteiger partial charge in [0, 0.05) is 19.5 Å². The van der Waals surface area contributed by atoms with Gasteiger partial charge in [-0.1, -0.05) is 91.7 Å². The van der Waals surface area contributed by atoms with E-state index >= 15 is 0 Å². The van der Waals surface area contributed by atoms with Crippen molar-refractivity contribution in [3.8, 4) is 5.75 Å². The number of rotatable bonds is 15. The minimum atomic E-state index is -4.18. The Bertz CT molecular complexity index is 1710. The summed E-state index contributed by atoms with van der Waals surface area (Å²) in [5.74, 6) is -0.0128. The molecule has 0 aliphatic carbocycles. The summed E-state index contributed by atoms with van der Waals surface area (Å²) in [6.07, 6.45) is 0.260. The highest BCUT2D eigenvalue weighted by Gasteiger charge is 2.34. The van der Waals surface area contributed by atoms with E-state index in [-0.39, 0.29) is 29.7 Å². The lowest BCUT2D eigenvalue weighted by atomic mass is 10.0. The van der Waals surface area contributed by atoms with Crippen molar-refractivity contribution in [2.45, 2.75) is 58.5 Å². The molecule has 4 aromatic rings. The van der Waals surface area contributed by atoms with Crippen molar-refractivity contribution in [1.82, 2.24) is 10.2 Å². The Morgan fingerprint density at radius 2 is 1.38 bits per heavy atom. The molecule has 0 saturated heterocycles. The van der Waals surface area contributed by atoms with Crippen LogP contribution in [0.2, 0.25) is 0 Å². The van der Waals surface area contributed by atoms with E-state index < -0.39 is 28.5 Å². The fourth-order valence-corrected chi connectivity index (χ4v) is 6.52. The van der Waals surface area contributed by atoms with E-state index in [2.05, 4.69) is 5.32 Å². The van der Waals surface area contributed by atoms with Crippen molar-refractivity contribution in [2.24, 2.45) is 5.92 Å². The number of hydrogen-bond acceptors (Lipinski definition) is 5. The fraction of sp³-hybridized carbons (Fsp3) is 0.316. The van der Waals surface area contributed by atoms with E-state index in [9.17, 15) is 18.0 Å². The van der Waals surface area contributed by atoms with Crippen molar-refractivity contribution >= 4 is 27.5 Å². The number of ether oxygens (including phenoxy) is 1. The first-order chi connectivity index (χ1) is 22.5. The van der Waals surface area contributed by atoms with Crippen molar-refractivity contribution in [3.05, 3.63) is 125 Å². The van der Waals surface area contributed by atoms with E-state index in [1.165, 1.54) is 4.90 Å². The molecule has 0 heterocycles. The number of aryl methyl sites for hydroxylation is 2. The molecular weight excluding hydrogens is 611 g/mol. The Morgan fingerprint density at radius 3 is 1.96 bits per heavy atom. The number of benzene rings is 4. The van der Waals surface area contributed by atoms with Gasteiger partial charge >= 0.3 is 0 Å². The van der Waals surface area contributed by atoms with Crippen LogP contribution in [0.25, 0.3) is 0 Å². The number of nitrogens with zero attached hydrogens (tertiary/aromatic N) is 2. The maximum Gasteiger partial charge on any atom is 0.264 e. The van der Waals surface area contributed by atoms with Gasteiger partial charge in [-0.05, 0) is 74.2 Å². The number of carbonyl (C=O) groups excluding carboxylic acids is 2. The third-order valence-electron chi connectivity index (χ3n) is 7.75. The molecule has 47 heavy (non-hydrogen) atoms. The van der Waals surface area contributed by atoms with Gasteiger partial charge in [0.25, 0.3) is 10.0 Å². The minimum Gasteiger partial charge on any atom is -0.494 e. The van der Waals surface area contributed by atoms with Crippen molar-refractivity contribution < 1.29 is 22.7 Å². The summed E-state index contributed by atoms with van der Waals surface area (Å²) in [5, 5.41) is 3.02. The summed E-state index contributed by atoms with van der Waals surface area (Å²) < 4.78 is 35.2. The molecule has 1 N–H and O–H groups in total. The molecule has 4 aromatic carbocycles. The van der Waals surface area contributed by atoms with Crippen LogP contribution in [0.1, 0.15) is 43.0 Å². The molecule has 1 atom stereocenters. The predicted octanol–water partition coefficient (Wildman–Crippen LogP) is 6.31. The first-order valence-corrected chi connectivity index (χ1v) is 17.4. The van der Waals surface area contributed by atoms with Gasteiger partial charge in [-0.3, -0.25) is 13.9 Å². The van der Waals surface area contributed by atoms with Crippen LogP contribution in [0.4, 0.5) is 5.69 Å². The molecule has 8 nitrogen and oxygen atoms in total. The molecule has 0 saturated carbocycles. The number of hydrogen-bond donors (Lipinski definition) is 1. The van der Waals surface area contributed by atoms with Gasteiger partial charge in [-0.25, -0.2) is 8.42 Å². The van der Waals surface area contributed by atoms with E-state index in [1.807, 2.05) is 89.2 Å². The third kappa shape index (κ3) is 9.68. The third-order valence-corrected chi connectivity index (χ3v) is 9.54.